The lowest BCUT2D eigenvalue weighted by molar-refractivity contribution is -0.142. The van der Waals surface area contributed by atoms with Gasteiger partial charge in [-0.25, -0.2) is 4.79 Å². The zero-order valence-corrected chi connectivity index (χ0v) is 26.1. The minimum absolute atomic E-state index is 0.0391. The van der Waals surface area contributed by atoms with Crippen molar-refractivity contribution in [1.29, 1.82) is 0 Å². The van der Waals surface area contributed by atoms with Gasteiger partial charge in [-0.3, -0.25) is 24.2 Å². The Labute approximate surface area is 275 Å². The molecule has 0 aliphatic rings. The van der Waals surface area contributed by atoms with Crippen LogP contribution in [-0.4, -0.2) is 81.3 Å². The van der Waals surface area contributed by atoms with E-state index in [1.807, 2.05) is 42.5 Å². The number of nitrogens with one attached hydrogen (secondary N) is 5. The van der Waals surface area contributed by atoms with Crippen LogP contribution in [0.1, 0.15) is 30.4 Å². The fraction of sp³-hybridized carbons (Fsp3) is 0.312. The Kier molecular flexibility index (Phi) is 11.7. The lowest BCUT2D eigenvalue weighted by Gasteiger charge is -2.25. The van der Waals surface area contributed by atoms with Gasteiger partial charge in [-0.2, -0.15) is 0 Å². The second-order valence-corrected chi connectivity index (χ2v) is 11.4. The number of nitrogens with two attached hydrogens (primary N) is 4. The van der Waals surface area contributed by atoms with Gasteiger partial charge in [0.05, 0.1) is 12.5 Å². The third-order valence-electron chi connectivity index (χ3n) is 7.78. The topological polar surface area (TPSA) is 290 Å². The highest BCUT2D eigenvalue weighted by molar-refractivity contribution is 5.96. The van der Waals surface area contributed by atoms with Crippen LogP contribution in [0.3, 0.4) is 0 Å². The van der Waals surface area contributed by atoms with E-state index in [0.717, 1.165) is 27.4 Å². The van der Waals surface area contributed by atoms with Crippen LogP contribution in [0.4, 0.5) is 0 Å². The number of carbonyl (C=O) groups is 5. The lowest BCUT2D eigenvalue weighted by Crippen LogP contribution is -2.58. The number of carbonyl (C=O) groups excluding carboxylic acids is 4. The summed E-state index contributed by atoms with van der Waals surface area (Å²) in [4.78, 5) is 74.2. The van der Waals surface area contributed by atoms with Crippen molar-refractivity contribution in [1.82, 2.24) is 25.9 Å². The predicted molar refractivity (Wildman–Crippen MR) is 179 cm³/mol. The molecule has 14 N–H and O–H groups in total. The number of fused-ring (bicyclic) bond motifs is 2. The van der Waals surface area contributed by atoms with E-state index in [9.17, 15) is 29.1 Å². The van der Waals surface area contributed by atoms with Crippen molar-refractivity contribution in [2.24, 2.45) is 27.9 Å². The van der Waals surface area contributed by atoms with Crippen molar-refractivity contribution in [2.75, 3.05) is 6.54 Å². The first-order valence-electron chi connectivity index (χ1n) is 15.3. The van der Waals surface area contributed by atoms with Crippen LogP contribution in [0.15, 0.2) is 65.9 Å². The number of rotatable bonds is 17. The average Bonchev–Trinajstić information content (AvgIpc) is 3.65. The quantitative estimate of drug-likeness (QED) is 0.0386. The van der Waals surface area contributed by atoms with Crippen molar-refractivity contribution in [3.8, 4) is 0 Å². The summed E-state index contributed by atoms with van der Waals surface area (Å²) in [6.45, 7) is 0.142. The molecule has 16 nitrogen and oxygen atoms in total. The SMILES string of the molecule is NC(=O)CC(NC(=O)C(CCCN=C(N)N)NC(=O)C(N)Cc1c[nH]c2ccccc12)C(=O)NC(Cc1c[nH]c2ccccc12)C(=O)O. The van der Waals surface area contributed by atoms with Crippen molar-refractivity contribution in [3.63, 3.8) is 0 Å². The zero-order chi connectivity index (χ0) is 34.8. The normalized spacial score (nSPS) is 13.6. The number of aromatic nitrogens is 2. The fourth-order valence-corrected chi connectivity index (χ4v) is 5.36. The van der Waals surface area contributed by atoms with Crippen molar-refractivity contribution < 1.29 is 29.1 Å². The van der Waals surface area contributed by atoms with Gasteiger partial charge in [0.2, 0.25) is 23.6 Å². The molecule has 0 saturated carbocycles. The van der Waals surface area contributed by atoms with Crippen molar-refractivity contribution >= 4 is 57.4 Å². The summed E-state index contributed by atoms with van der Waals surface area (Å²) in [5.74, 6) is -4.81. The predicted octanol–water partition coefficient (Wildman–Crippen LogP) is -0.770. The van der Waals surface area contributed by atoms with E-state index in [4.69, 9.17) is 22.9 Å². The molecule has 0 aliphatic heterocycles. The summed E-state index contributed by atoms with van der Waals surface area (Å²) < 4.78 is 0. The number of hydrogen-bond acceptors (Lipinski definition) is 7. The van der Waals surface area contributed by atoms with Crippen LogP contribution >= 0.6 is 0 Å². The van der Waals surface area contributed by atoms with Crippen LogP contribution in [0.2, 0.25) is 0 Å². The number of benzene rings is 2. The molecule has 4 unspecified atom stereocenters. The number of aliphatic carboxylic acids is 1. The van der Waals surface area contributed by atoms with Crippen molar-refractivity contribution in [3.05, 3.63) is 72.1 Å². The van der Waals surface area contributed by atoms with Gasteiger partial charge in [-0.05, 0) is 42.5 Å². The molecule has 4 atom stereocenters. The van der Waals surface area contributed by atoms with Gasteiger partial charge in [0.25, 0.3) is 0 Å². The summed E-state index contributed by atoms with van der Waals surface area (Å²) in [5, 5.41) is 19.0. The smallest absolute Gasteiger partial charge is 0.326 e. The second-order valence-electron chi connectivity index (χ2n) is 11.4. The Morgan fingerprint density at radius 3 is 1.81 bits per heavy atom. The van der Waals surface area contributed by atoms with E-state index in [-0.39, 0.29) is 38.2 Å². The molecule has 0 fully saturated rings. The Morgan fingerprint density at radius 2 is 1.25 bits per heavy atom. The van der Waals surface area contributed by atoms with Crippen LogP contribution in [0, 0.1) is 0 Å². The monoisotopic (exact) mass is 660 g/mol. The highest BCUT2D eigenvalue weighted by Gasteiger charge is 2.31. The molecular weight excluding hydrogens is 620 g/mol. The number of primary amides is 1. The number of carboxylic acid groups (broad SMARTS) is 1. The number of aliphatic imine (C=N–C) groups is 1. The van der Waals surface area contributed by atoms with Gasteiger partial charge in [-0.1, -0.05) is 36.4 Å². The van der Waals surface area contributed by atoms with Crippen LogP contribution < -0.4 is 38.9 Å². The maximum Gasteiger partial charge on any atom is 0.326 e. The molecule has 16 heteroatoms. The number of guanidine groups is 1. The summed E-state index contributed by atoms with van der Waals surface area (Å²) in [7, 11) is 0. The molecule has 2 aromatic carbocycles. The molecule has 254 valence electrons. The molecule has 0 bridgehead atoms. The average molecular weight is 661 g/mol. The Balaban J connectivity index is 1.47. The number of hydrogen-bond donors (Lipinski definition) is 10. The van der Waals surface area contributed by atoms with Crippen LogP contribution in [0.25, 0.3) is 21.8 Å². The molecule has 2 aromatic heterocycles. The number of H-pyrrole nitrogens is 2. The molecule has 0 spiro atoms. The molecule has 48 heavy (non-hydrogen) atoms. The Bertz CT molecular complexity index is 1810. The molecule has 2 heterocycles. The molecule has 4 aromatic rings. The van der Waals surface area contributed by atoms with E-state index in [0.29, 0.717) is 5.56 Å². The first-order chi connectivity index (χ1) is 22.9. The number of carboxylic acids is 1. The molecule has 0 radical (unpaired) electrons. The van der Waals surface area contributed by atoms with Gasteiger partial charge < -0.3 is 54.0 Å². The zero-order valence-electron chi connectivity index (χ0n) is 26.1. The number of amides is 4. The van der Waals surface area contributed by atoms with E-state index >= 15 is 0 Å². The minimum atomic E-state index is -1.54. The third-order valence-corrected chi connectivity index (χ3v) is 7.78. The molecule has 0 saturated heterocycles. The van der Waals surface area contributed by atoms with E-state index in [1.54, 1.807) is 18.5 Å². The van der Waals surface area contributed by atoms with Gasteiger partial charge in [0, 0.05) is 47.2 Å². The highest BCUT2D eigenvalue weighted by atomic mass is 16.4. The van der Waals surface area contributed by atoms with Crippen LogP contribution in [-0.2, 0) is 36.8 Å². The van der Waals surface area contributed by atoms with Gasteiger partial charge in [-0.15, -0.1) is 0 Å². The summed E-state index contributed by atoms with van der Waals surface area (Å²) in [6, 6.07) is 9.58. The molecule has 4 rings (SSSR count). The second kappa shape index (κ2) is 16.1. The van der Waals surface area contributed by atoms with E-state index < -0.39 is 60.2 Å². The lowest BCUT2D eigenvalue weighted by atomic mass is 10.0. The summed E-state index contributed by atoms with van der Waals surface area (Å²) in [6.07, 6.45) is 3.15. The molecule has 4 amide bonds. The number of aromatic amines is 2. The van der Waals surface area contributed by atoms with Crippen LogP contribution in [0.5, 0.6) is 0 Å². The summed E-state index contributed by atoms with van der Waals surface area (Å²) in [5.41, 5.74) is 25.5. The first-order valence-corrected chi connectivity index (χ1v) is 15.3. The van der Waals surface area contributed by atoms with Gasteiger partial charge >= 0.3 is 5.97 Å². The third kappa shape index (κ3) is 9.32. The first kappa shape index (κ1) is 35.0. The standard InChI is InChI=1S/C32H40N10O6/c33-21(12-17-15-38-22-8-3-1-6-19(17)22)28(44)40-24(10-5-11-37-32(35)36)29(45)41-25(14-27(34)43)30(46)42-26(31(47)48)13-18-16-39-23-9-4-2-7-20(18)23/h1-4,6-9,15-16,21,24-26,38-39H,5,10-14,33H2,(H2,34,43)(H,40,44)(H,41,45)(H,42,46)(H,47,48)(H4,35,36,37). The Morgan fingerprint density at radius 1 is 0.729 bits per heavy atom. The largest absolute Gasteiger partial charge is 0.480 e. The number of nitrogens with zero attached hydrogens (tertiary/aromatic N) is 1. The molecule has 0 aliphatic carbocycles. The van der Waals surface area contributed by atoms with Gasteiger partial charge in [0.1, 0.15) is 18.1 Å². The van der Waals surface area contributed by atoms with Gasteiger partial charge in [0.15, 0.2) is 5.96 Å². The molecular formula is C32H40N10O6. The fourth-order valence-electron chi connectivity index (χ4n) is 5.36. The highest BCUT2D eigenvalue weighted by Crippen LogP contribution is 2.20. The van der Waals surface area contributed by atoms with Crippen molar-refractivity contribution in [2.45, 2.75) is 56.3 Å². The number of para-hydroxylation sites is 2. The minimum Gasteiger partial charge on any atom is -0.480 e. The van der Waals surface area contributed by atoms with E-state index in [2.05, 4.69) is 30.9 Å². The van der Waals surface area contributed by atoms with E-state index in [1.165, 1.54) is 0 Å². The summed E-state index contributed by atoms with van der Waals surface area (Å²) >= 11 is 0. The Hall–Kier alpha value is -5.90. The maximum absolute atomic E-state index is 13.5. The maximum atomic E-state index is 13.5.